The van der Waals surface area contributed by atoms with E-state index < -0.39 is 0 Å². The molecule has 2 aromatic heterocycles. The molecule has 9 heteroatoms. The van der Waals surface area contributed by atoms with E-state index in [-0.39, 0.29) is 17.8 Å². The van der Waals surface area contributed by atoms with Gasteiger partial charge in [0.05, 0.1) is 11.4 Å². The van der Waals surface area contributed by atoms with Crippen molar-refractivity contribution in [3.8, 4) is 22.7 Å². The van der Waals surface area contributed by atoms with Crippen LogP contribution < -0.4 is 10.1 Å². The Kier molecular flexibility index (Phi) is 8.62. The zero-order chi connectivity index (χ0) is 28.1. The lowest BCUT2D eigenvalue weighted by Gasteiger charge is -2.17. The molecule has 7 nitrogen and oxygen atoms in total. The van der Waals surface area contributed by atoms with Gasteiger partial charge < -0.3 is 10.1 Å². The van der Waals surface area contributed by atoms with Crippen molar-refractivity contribution >= 4 is 34.1 Å². The van der Waals surface area contributed by atoms with Gasteiger partial charge >= 0.3 is 0 Å². The number of aromatic nitrogens is 4. The maximum absolute atomic E-state index is 12.9. The number of anilines is 1. The summed E-state index contributed by atoms with van der Waals surface area (Å²) in [6, 6.07) is 28.0. The monoisotopic (exact) mass is 569 g/mol. The quantitative estimate of drug-likeness (QED) is 0.174. The van der Waals surface area contributed by atoms with Gasteiger partial charge in [0.25, 0.3) is 0 Å². The standard InChI is InChI=1S/C31H31N5O2S2/c1-20(2)23-15-17-26(18-16-23)38-21(3)29-34-35-31(36(29)25-13-9-6-10-14-25)39-19-27(37)32-30-33-28(22(4)40-30)24-11-7-5-8-12-24/h5-18,20-21H,19H2,1-4H3,(H,32,33,37). The zero-order valence-corrected chi connectivity index (χ0v) is 24.5. The second-order valence-electron chi connectivity index (χ2n) is 9.62. The number of aryl methyl sites for hydroxylation is 1. The topological polar surface area (TPSA) is 81.9 Å². The fourth-order valence-electron chi connectivity index (χ4n) is 4.25. The van der Waals surface area contributed by atoms with Gasteiger partial charge in [-0.25, -0.2) is 4.98 Å². The smallest absolute Gasteiger partial charge is 0.236 e. The first kappa shape index (κ1) is 27.6. The van der Waals surface area contributed by atoms with Gasteiger partial charge in [-0.3, -0.25) is 9.36 Å². The van der Waals surface area contributed by atoms with Crippen molar-refractivity contribution in [3.05, 3.63) is 101 Å². The fourth-order valence-corrected chi connectivity index (χ4v) is 5.86. The van der Waals surface area contributed by atoms with Crippen molar-refractivity contribution in [2.45, 2.75) is 44.9 Å². The number of rotatable bonds is 10. The van der Waals surface area contributed by atoms with Crippen molar-refractivity contribution in [2.24, 2.45) is 0 Å². The fraction of sp³-hybridized carbons (Fsp3) is 0.226. The van der Waals surface area contributed by atoms with Gasteiger partial charge in [-0.1, -0.05) is 86.3 Å². The molecule has 3 aromatic carbocycles. The Labute approximate surface area is 242 Å². The number of carbonyl (C=O) groups is 1. The molecule has 1 amide bonds. The molecular weight excluding hydrogens is 539 g/mol. The molecule has 0 saturated heterocycles. The minimum atomic E-state index is -0.365. The highest BCUT2D eigenvalue weighted by Gasteiger charge is 2.22. The molecule has 5 rings (SSSR count). The lowest BCUT2D eigenvalue weighted by atomic mass is 10.0. The van der Waals surface area contributed by atoms with Gasteiger partial charge in [-0.05, 0) is 49.6 Å². The summed E-state index contributed by atoms with van der Waals surface area (Å²) in [5, 5.41) is 13.0. The van der Waals surface area contributed by atoms with Gasteiger partial charge in [0.2, 0.25) is 5.91 Å². The molecular formula is C31H31N5O2S2. The van der Waals surface area contributed by atoms with Crippen LogP contribution in [0.3, 0.4) is 0 Å². The Morgan fingerprint density at radius 1 is 0.950 bits per heavy atom. The largest absolute Gasteiger partial charge is 0.483 e. The normalized spacial score (nSPS) is 11.9. The SMILES string of the molecule is Cc1sc(NC(=O)CSc2nnc(C(C)Oc3ccc(C(C)C)cc3)n2-c2ccccc2)nc1-c1ccccc1. The van der Waals surface area contributed by atoms with Crippen LogP contribution in [0.25, 0.3) is 16.9 Å². The van der Waals surface area contributed by atoms with Gasteiger partial charge in [0.1, 0.15) is 5.75 Å². The van der Waals surface area contributed by atoms with E-state index in [9.17, 15) is 4.79 Å². The van der Waals surface area contributed by atoms with Crippen LogP contribution in [0.15, 0.2) is 90.1 Å². The molecule has 204 valence electrons. The molecule has 1 atom stereocenters. The number of hydrogen-bond acceptors (Lipinski definition) is 7. The number of benzene rings is 3. The van der Waals surface area contributed by atoms with Gasteiger partial charge in [-0.15, -0.1) is 21.5 Å². The number of hydrogen-bond donors (Lipinski definition) is 1. The summed E-state index contributed by atoms with van der Waals surface area (Å²) in [4.78, 5) is 18.6. The third kappa shape index (κ3) is 6.43. The van der Waals surface area contributed by atoms with Crippen molar-refractivity contribution in [1.82, 2.24) is 19.7 Å². The highest BCUT2D eigenvalue weighted by atomic mass is 32.2. The van der Waals surface area contributed by atoms with E-state index >= 15 is 0 Å². The van der Waals surface area contributed by atoms with E-state index in [1.807, 2.05) is 91.2 Å². The molecule has 0 aliphatic carbocycles. The lowest BCUT2D eigenvalue weighted by Crippen LogP contribution is -2.15. The number of carbonyl (C=O) groups excluding carboxylic acids is 1. The molecule has 0 radical (unpaired) electrons. The molecule has 5 aromatic rings. The first-order valence-electron chi connectivity index (χ1n) is 13.1. The van der Waals surface area contributed by atoms with E-state index in [0.29, 0.717) is 22.0 Å². The van der Waals surface area contributed by atoms with Gasteiger partial charge in [0.15, 0.2) is 22.2 Å². The van der Waals surface area contributed by atoms with Crippen LogP contribution in [-0.2, 0) is 4.79 Å². The van der Waals surface area contributed by atoms with Crippen LogP contribution in [0.5, 0.6) is 5.75 Å². The number of nitrogens with zero attached hydrogens (tertiary/aromatic N) is 4. The van der Waals surface area contributed by atoms with Crippen molar-refractivity contribution in [1.29, 1.82) is 0 Å². The predicted molar refractivity (Wildman–Crippen MR) is 163 cm³/mol. The summed E-state index contributed by atoms with van der Waals surface area (Å²) in [6.45, 7) is 8.30. The summed E-state index contributed by atoms with van der Waals surface area (Å²) in [5.74, 6) is 1.88. The highest BCUT2D eigenvalue weighted by molar-refractivity contribution is 7.99. The summed E-state index contributed by atoms with van der Waals surface area (Å²) in [7, 11) is 0. The minimum absolute atomic E-state index is 0.155. The van der Waals surface area contributed by atoms with E-state index in [1.165, 1.54) is 28.7 Å². The third-order valence-electron chi connectivity index (χ3n) is 6.32. The van der Waals surface area contributed by atoms with Crippen LogP contribution in [0.1, 0.15) is 49.1 Å². The van der Waals surface area contributed by atoms with Crippen LogP contribution in [-0.4, -0.2) is 31.4 Å². The summed E-state index contributed by atoms with van der Waals surface area (Å²) in [6.07, 6.45) is -0.365. The minimum Gasteiger partial charge on any atom is -0.483 e. The van der Waals surface area contributed by atoms with Crippen LogP contribution >= 0.6 is 23.1 Å². The maximum atomic E-state index is 12.9. The first-order valence-corrected chi connectivity index (χ1v) is 14.9. The van der Waals surface area contributed by atoms with E-state index in [1.54, 1.807) is 0 Å². The number of ether oxygens (including phenoxy) is 1. The van der Waals surface area contributed by atoms with Crippen molar-refractivity contribution in [2.75, 3.05) is 11.1 Å². The maximum Gasteiger partial charge on any atom is 0.236 e. The number of nitrogens with one attached hydrogen (secondary N) is 1. The molecule has 1 N–H and O–H groups in total. The van der Waals surface area contributed by atoms with Crippen molar-refractivity contribution in [3.63, 3.8) is 0 Å². The molecule has 0 spiro atoms. The lowest BCUT2D eigenvalue weighted by molar-refractivity contribution is -0.113. The molecule has 0 fully saturated rings. The molecule has 0 aliphatic heterocycles. The molecule has 0 saturated carbocycles. The summed E-state index contributed by atoms with van der Waals surface area (Å²) < 4.78 is 8.20. The van der Waals surface area contributed by atoms with E-state index in [2.05, 4.69) is 46.5 Å². The molecule has 40 heavy (non-hydrogen) atoms. The van der Waals surface area contributed by atoms with E-state index in [4.69, 9.17) is 4.74 Å². The van der Waals surface area contributed by atoms with E-state index in [0.717, 1.165) is 27.6 Å². The Hall–Kier alpha value is -3.95. The van der Waals surface area contributed by atoms with Crippen LogP contribution in [0.2, 0.25) is 0 Å². The van der Waals surface area contributed by atoms with Crippen molar-refractivity contribution < 1.29 is 9.53 Å². The predicted octanol–water partition coefficient (Wildman–Crippen LogP) is 7.69. The number of para-hydroxylation sites is 1. The zero-order valence-electron chi connectivity index (χ0n) is 22.9. The Balaban J connectivity index is 1.30. The van der Waals surface area contributed by atoms with Crippen LogP contribution in [0.4, 0.5) is 5.13 Å². The third-order valence-corrected chi connectivity index (χ3v) is 8.13. The molecule has 2 heterocycles. The number of thiazole rings is 1. The number of amides is 1. The van der Waals surface area contributed by atoms with Gasteiger partial charge in [0, 0.05) is 16.1 Å². The average molecular weight is 570 g/mol. The molecule has 0 aliphatic rings. The Morgan fingerprint density at radius 2 is 1.62 bits per heavy atom. The Bertz CT molecular complexity index is 1560. The summed E-state index contributed by atoms with van der Waals surface area (Å²) >= 11 is 2.79. The first-order chi connectivity index (χ1) is 19.4. The van der Waals surface area contributed by atoms with Gasteiger partial charge in [-0.2, -0.15) is 0 Å². The summed E-state index contributed by atoms with van der Waals surface area (Å²) in [5.41, 5.74) is 4.07. The second kappa shape index (κ2) is 12.5. The molecule has 0 bridgehead atoms. The highest BCUT2D eigenvalue weighted by Crippen LogP contribution is 2.31. The van der Waals surface area contributed by atoms with Crippen LogP contribution in [0, 0.1) is 6.92 Å². The second-order valence-corrected chi connectivity index (χ2v) is 11.8. The number of thioether (sulfide) groups is 1. The molecule has 1 unspecified atom stereocenters. The average Bonchev–Trinajstić information content (AvgIpc) is 3.56. The Morgan fingerprint density at radius 3 is 2.30 bits per heavy atom.